The van der Waals surface area contributed by atoms with E-state index in [2.05, 4.69) is 0 Å². The number of rotatable bonds is 5. The molecule has 0 heterocycles. The van der Waals surface area contributed by atoms with Crippen molar-refractivity contribution in [3.8, 4) is 11.5 Å². The lowest BCUT2D eigenvalue weighted by Crippen LogP contribution is -2.31. The van der Waals surface area contributed by atoms with Gasteiger partial charge in [-0.2, -0.15) is 0 Å². The molecule has 20 heavy (non-hydrogen) atoms. The van der Waals surface area contributed by atoms with Crippen LogP contribution in [0.3, 0.4) is 0 Å². The molecule has 3 N–H and O–H groups in total. The molecule has 0 radical (unpaired) electrons. The number of methoxy groups -OCH3 is 2. The summed E-state index contributed by atoms with van der Waals surface area (Å²) in [6.45, 7) is 0. The molecule has 1 aliphatic rings. The first kappa shape index (κ1) is 17.1. The number of halogens is 1. The van der Waals surface area contributed by atoms with Gasteiger partial charge in [0.25, 0.3) is 0 Å². The maximum atomic E-state index is 10.4. The first-order valence-electron chi connectivity index (χ1n) is 6.83. The summed E-state index contributed by atoms with van der Waals surface area (Å²) in [7, 11) is 3.20. The fourth-order valence-corrected chi connectivity index (χ4v) is 2.85. The zero-order valence-corrected chi connectivity index (χ0v) is 12.9. The summed E-state index contributed by atoms with van der Waals surface area (Å²) in [5.41, 5.74) is 7.07. The van der Waals surface area contributed by atoms with Crippen molar-refractivity contribution in [1.29, 1.82) is 0 Å². The van der Waals surface area contributed by atoms with E-state index < -0.39 is 6.10 Å². The van der Waals surface area contributed by atoms with Gasteiger partial charge in [0.05, 0.1) is 26.4 Å². The summed E-state index contributed by atoms with van der Waals surface area (Å²) < 4.78 is 10.5. The highest BCUT2D eigenvalue weighted by molar-refractivity contribution is 5.85. The van der Waals surface area contributed by atoms with E-state index in [1.54, 1.807) is 14.2 Å². The second kappa shape index (κ2) is 7.72. The molecule has 2 atom stereocenters. The number of hydrogen-bond acceptors (Lipinski definition) is 4. The second-order valence-electron chi connectivity index (χ2n) is 5.18. The molecule has 4 nitrogen and oxygen atoms in total. The molecule has 2 rings (SSSR count). The van der Waals surface area contributed by atoms with E-state index >= 15 is 0 Å². The van der Waals surface area contributed by atoms with Crippen molar-refractivity contribution in [2.75, 3.05) is 14.2 Å². The number of hydrogen-bond donors (Lipinski definition) is 2. The Morgan fingerprint density at radius 3 is 2.30 bits per heavy atom. The molecule has 0 unspecified atom stereocenters. The van der Waals surface area contributed by atoms with Crippen molar-refractivity contribution in [3.63, 3.8) is 0 Å². The van der Waals surface area contributed by atoms with Crippen molar-refractivity contribution in [1.82, 2.24) is 0 Å². The Bertz CT molecular complexity index is 422. The summed E-state index contributed by atoms with van der Waals surface area (Å²) in [6.07, 6.45) is 4.05. The van der Waals surface area contributed by atoms with Crippen LogP contribution in [-0.2, 0) is 0 Å². The van der Waals surface area contributed by atoms with Gasteiger partial charge in [-0.1, -0.05) is 18.9 Å². The van der Waals surface area contributed by atoms with E-state index in [1.807, 2.05) is 18.2 Å². The molecule has 5 heteroatoms. The lowest BCUT2D eigenvalue weighted by atomic mass is 9.91. The summed E-state index contributed by atoms with van der Waals surface area (Å²) >= 11 is 0. The lowest BCUT2D eigenvalue weighted by Gasteiger charge is -2.25. The Hall–Kier alpha value is -0.970. The third-order valence-electron chi connectivity index (χ3n) is 4.04. The number of aliphatic hydroxyl groups is 1. The largest absolute Gasteiger partial charge is 0.493 e. The Morgan fingerprint density at radius 2 is 1.75 bits per heavy atom. The smallest absolute Gasteiger partial charge is 0.161 e. The van der Waals surface area contributed by atoms with Crippen molar-refractivity contribution in [3.05, 3.63) is 23.8 Å². The standard InChI is InChI=1S/C15H23NO3.ClH/c1-18-12-8-7-11(9-13(12)19-2)14(16)15(17)10-5-3-4-6-10;/h7-10,14-15,17H,3-6,16H2,1-2H3;1H/t14-,15+;/m1./s1. The molecular formula is C15H24ClNO3. The number of benzene rings is 1. The van der Waals surface area contributed by atoms with Crippen molar-refractivity contribution in [2.45, 2.75) is 37.8 Å². The molecule has 1 saturated carbocycles. The molecule has 0 bridgehead atoms. The van der Waals surface area contributed by atoms with Crippen LogP contribution < -0.4 is 15.2 Å². The van der Waals surface area contributed by atoms with Gasteiger partial charge in [0, 0.05) is 0 Å². The molecular weight excluding hydrogens is 278 g/mol. The Balaban J connectivity index is 0.00000200. The van der Waals surface area contributed by atoms with Crippen molar-refractivity contribution >= 4 is 12.4 Å². The van der Waals surface area contributed by atoms with Crippen LogP contribution in [0.4, 0.5) is 0 Å². The van der Waals surface area contributed by atoms with Gasteiger partial charge in [-0.25, -0.2) is 0 Å². The first-order valence-corrected chi connectivity index (χ1v) is 6.83. The van der Waals surface area contributed by atoms with E-state index in [9.17, 15) is 5.11 Å². The van der Waals surface area contributed by atoms with Crippen LogP contribution in [0.5, 0.6) is 11.5 Å². The maximum Gasteiger partial charge on any atom is 0.161 e. The van der Waals surface area contributed by atoms with Crippen molar-refractivity contribution < 1.29 is 14.6 Å². The predicted molar refractivity (Wildman–Crippen MR) is 81.7 cm³/mol. The van der Waals surface area contributed by atoms with E-state index in [1.165, 1.54) is 12.8 Å². The average molecular weight is 302 g/mol. The van der Waals surface area contributed by atoms with Crippen LogP contribution in [0.25, 0.3) is 0 Å². The van der Waals surface area contributed by atoms with Crippen LogP contribution in [0.15, 0.2) is 18.2 Å². The van der Waals surface area contributed by atoms with E-state index in [0.29, 0.717) is 17.4 Å². The van der Waals surface area contributed by atoms with Gasteiger partial charge in [-0.05, 0) is 36.5 Å². The van der Waals surface area contributed by atoms with Crippen LogP contribution in [0, 0.1) is 5.92 Å². The van der Waals surface area contributed by atoms with Gasteiger partial charge in [0.15, 0.2) is 11.5 Å². The highest BCUT2D eigenvalue weighted by Gasteiger charge is 2.29. The molecule has 1 aromatic rings. The zero-order chi connectivity index (χ0) is 13.8. The Kier molecular flexibility index (Phi) is 6.59. The van der Waals surface area contributed by atoms with Gasteiger partial charge in [-0.3, -0.25) is 0 Å². The first-order chi connectivity index (χ1) is 9.17. The molecule has 0 amide bonds. The van der Waals surface area contributed by atoms with Gasteiger partial charge in [0.1, 0.15) is 0 Å². The van der Waals surface area contributed by atoms with Crippen LogP contribution >= 0.6 is 12.4 Å². The highest BCUT2D eigenvalue weighted by atomic mass is 35.5. The van der Waals surface area contributed by atoms with Gasteiger partial charge in [-0.15, -0.1) is 12.4 Å². The van der Waals surface area contributed by atoms with Crippen LogP contribution in [0.2, 0.25) is 0 Å². The van der Waals surface area contributed by atoms with Crippen LogP contribution in [-0.4, -0.2) is 25.4 Å². The SMILES string of the molecule is COc1ccc([C@@H](N)[C@@H](O)C2CCCC2)cc1OC.Cl. The predicted octanol–water partition coefficient (Wildman–Crippen LogP) is 2.68. The number of aliphatic hydroxyl groups excluding tert-OH is 1. The molecule has 1 aromatic carbocycles. The zero-order valence-electron chi connectivity index (χ0n) is 12.0. The minimum Gasteiger partial charge on any atom is -0.493 e. The highest BCUT2D eigenvalue weighted by Crippen LogP contribution is 2.35. The quantitative estimate of drug-likeness (QED) is 0.877. The molecule has 0 aromatic heterocycles. The van der Waals surface area contributed by atoms with Gasteiger partial charge in [0.2, 0.25) is 0 Å². The molecule has 114 valence electrons. The maximum absolute atomic E-state index is 10.4. The molecule has 1 fully saturated rings. The second-order valence-corrected chi connectivity index (χ2v) is 5.18. The minimum atomic E-state index is -0.486. The molecule has 0 aliphatic heterocycles. The third-order valence-corrected chi connectivity index (χ3v) is 4.04. The summed E-state index contributed by atoms with van der Waals surface area (Å²) in [4.78, 5) is 0. The van der Waals surface area contributed by atoms with Gasteiger partial charge >= 0.3 is 0 Å². The molecule has 1 aliphatic carbocycles. The van der Waals surface area contributed by atoms with E-state index in [0.717, 1.165) is 18.4 Å². The summed E-state index contributed by atoms with van der Waals surface area (Å²) in [6, 6.07) is 5.20. The topological polar surface area (TPSA) is 64.7 Å². The number of ether oxygens (including phenoxy) is 2. The summed E-state index contributed by atoms with van der Waals surface area (Å²) in [5.74, 6) is 1.64. The summed E-state index contributed by atoms with van der Waals surface area (Å²) in [5, 5.41) is 10.4. The van der Waals surface area contributed by atoms with Crippen molar-refractivity contribution in [2.24, 2.45) is 11.7 Å². The monoisotopic (exact) mass is 301 g/mol. The normalized spacial score (nSPS) is 18.2. The Morgan fingerprint density at radius 1 is 1.15 bits per heavy atom. The molecule has 0 saturated heterocycles. The van der Waals surface area contributed by atoms with E-state index in [-0.39, 0.29) is 18.4 Å². The fraction of sp³-hybridized carbons (Fsp3) is 0.600. The lowest BCUT2D eigenvalue weighted by molar-refractivity contribution is 0.0844. The molecule has 0 spiro atoms. The van der Waals surface area contributed by atoms with E-state index in [4.69, 9.17) is 15.2 Å². The average Bonchev–Trinajstić information content (AvgIpc) is 2.99. The minimum absolute atomic E-state index is 0. The Labute approximate surface area is 126 Å². The number of nitrogens with two attached hydrogens (primary N) is 1. The third kappa shape index (κ3) is 3.57. The van der Waals surface area contributed by atoms with Gasteiger partial charge < -0.3 is 20.3 Å². The fourth-order valence-electron chi connectivity index (χ4n) is 2.85. The van der Waals surface area contributed by atoms with Crippen LogP contribution in [0.1, 0.15) is 37.3 Å².